The van der Waals surface area contributed by atoms with Crippen LogP contribution in [-0.2, 0) is 0 Å². The number of carbonyl (C=O) groups excluding carboxylic acids is 1. The average molecular weight is 266 g/mol. The largest absolute Gasteiger partial charge is 0.497 e. The maximum absolute atomic E-state index is 12.4. The summed E-state index contributed by atoms with van der Waals surface area (Å²) in [5.74, 6) is 0.373. The van der Waals surface area contributed by atoms with Gasteiger partial charge in [-0.1, -0.05) is 0 Å². The molecule has 3 N–H and O–H groups in total. The predicted molar refractivity (Wildman–Crippen MR) is 75.3 cm³/mol. The molecule has 1 rings (SSSR count). The Morgan fingerprint density at radius 3 is 2.53 bits per heavy atom. The highest BCUT2D eigenvalue weighted by atomic mass is 16.5. The van der Waals surface area contributed by atoms with Crippen LogP contribution in [0.2, 0.25) is 0 Å². The molecule has 106 valence electrons. The molecule has 1 aromatic rings. The lowest BCUT2D eigenvalue weighted by molar-refractivity contribution is 0.0314. The molecule has 0 aliphatic carbocycles. The molecular weight excluding hydrogens is 244 g/mol. The fraction of sp³-hybridized carbons (Fsp3) is 0.500. The Morgan fingerprint density at radius 1 is 1.42 bits per heavy atom. The number of hydrogen-bond acceptors (Lipinski definition) is 4. The number of carbonyl (C=O) groups is 1. The van der Waals surface area contributed by atoms with Gasteiger partial charge in [0, 0.05) is 30.4 Å². The number of nitrogen functional groups attached to an aromatic ring is 1. The van der Waals surface area contributed by atoms with Crippen LogP contribution in [0.3, 0.4) is 0 Å². The van der Waals surface area contributed by atoms with Gasteiger partial charge in [-0.25, -0.2) is 0 Å². The quantitative estimate of drug-likeness (QED) is 0.792. The summed E-state index contributed by atoms with van der Waals surface area (Å²) in [5.41, 5.74) is 5.74. The van der Waals surface area contributed by atoms with Crippen LogP contribution in [0.15, 0.2) is 18.2 Å². The molecule has 0 saturated heterocycles. The van der Waals surface area contributed by atoms with E-state index in [2.05, 4.69) is 0 Å². The second kappa shape index (κ2) is 5.93. The van der Waals surface area contributed by atoms with Crippen LogP contribution in [0.4, 0.5) is 5.69 Å². The zero-order valence-corrected chi connectivity index (χ0v) is 11.9. The molecule has 1 amide bonds. The molecule has 0 radical (unpaired) electrons. The molecule has 0 unspecified atom stereocenters. The van der Waals surface area contributed by atoms with Crippen LogP contribution in [0.5, 0.6) is 5.75 Å². The van der Waals surface area contributed by atoms with Gasteiger partial charge in [0.1, 0.15) is 5.75 Å². The van der Waals surface area contributed by atoms with E-state index in [9.17, 15) is 9.90 Å². The summed E-state index contributed by atoms with van der Waals surface area (Å²) in [6.07, 6.45) is 0. The number of likely N-dealkylation sites (N-methyl/N-ethyl adjacent to an activating group) is 1. The molecular formula is C14H22N2O3. The number of nitrogens with two attached hydrogens (primary N) is 1. The molecule has 0 aromatic heterocycles. The van der Waals surface area contributed by atoms with Crippen LogP contribution in [0.25, 0.3) is 0 Å². The number of ether oxygens (including phenoxy) is 1. The smallest absolute Gasteiger partial charge is 0.254 e. The van der Waals surface area contributed by atoms with Crippen LogP contribution in [0, 0.1) is 0 Å². The summed E-state index contributed by atoms with van der Waals surface area (Å²) < 4.78 is 5.10. The lowest BCUT2D eigenvalue weighted by Gasteiger charge is -2.28. The SMILES string of the molecule is CCN(CC(C)(C)O)C(=O)c1cc(N)cc(OC)c1. The van der Waals surface area contributed by atoms with Gasteiger partial charge in [-0.2, -0.15) is 0 Å². The fourth-order valence-corrected chi connectivity index (χ4v) is 1.84. The molecule has 5 nitrogen and oxygen atoms in total. The average Bonchev–Trinajstić information content (AvgIpc) is 2.33. The van der Waals surface area contributed by atoms with Gasteiger partial charge in [0.25, 0.3) is 5.91 Å². The topological polar surface area (TPSA) is 75.8 Å². The van der Waals surface area contributed by atoms with Crippen molar-refractivity contribution < 1.29 is 14.6 Å². The van der Waals surface area contributed by atoms with Crippen molar-refractivity contribution in [3.05, 3.63) is 23.8 Å². The maximum atomic E-state index is 12.4. The molecule has 0 atom stereocenters. The van der Waals surface area contributed by atoms with Gasteiger partial charge in [0.15, 0.2) is 0 Å². The number of anilines is 1. The third-order valence-corrected chi connectivity index (χ3v) is 2.66. The molecule has 0 saturated carbocycles. The Bertz CT molecular complexity index is 452. The molecule has 1 aromatic carbocycles. The molecule has 0 bridgehead atoms. The van der Waals surface area contributed by atoms with Gasteiger partial charge in [-0.15, -0.1) is 0 Å². The summed E-state index contributed by atoms with van der Waals surface area (Å²) in [4.78, 5) is 14.0. The predicted octanol–water partition coefficient (Wildman–Crippen LogP) is 1.51. The van der Waals surface area contributed by atoms with Crippen molar-refractivity contribution >= 4 is 11.6 Å². The van der Waals surface area contributed by atoms with E-state index in [1.807, 2.05) is 6.92 Å². The number of aliphatic hydroxyl groups is 1. The highest BCUT2D eigenvalue weighted by Crippen LogP contribution is 2.20. The van der Waals surface area contributed by atoms with E-state index in [1.165, 1.54) is 7.11 Å². The van der Waals surface area contributed by atoms with E-state index in [0.29, 0.717) is 23.5 Å². The summed E-state index contributed by atoms with van der Waals surface area (Å²) in [6.45, 7) is 5.98. The summed E-state index contributed by atoms with van der Waals surface area (Å²) >= 11 is 0. The van der Waals surface area contributed by atoms with E-state index < -0.39 is 5.60 Å². The number of methoxy groups -OCH3 is 1. The van der Waals surface area contributed by atoms with E-state index in [1.54, 1.807) is 36.9 Å². The van der Waals surface area contributed by atoms with Gasteiger partial charge in [0.05, 0.1) is 12.7 Å². The number of benzene rings is 1. The minimum Gasteiger partial charge on any atom is -0.497 e. The van der Waals surface area contributed by atoms with Crippen molar-refractivity contribution in [3.8, 4) is 5.75 Å². The van der Waals surface area contributed by atoms with Crippen molar-refractivity contribution in [1.29, 1.82) is 0 Å². The first-order valence-corrected chi connectivity index (χ1v) is 6.23. The van der Waals surface area contributed by atoms with Crippen molar-refractivity contribution in [1.82, 2.24) is 4.90 Å². The van der Waals surface area contributed by atoms with Crippen molar-refractivity contribution in [2.24, 2.45) is 0 Å². The third kappa shape index (κ3) is 4.44. The number of hydrogen-bond donors (Lipinski definition) is 2. The fourth-order valence-electron chi connectivity index (χ4n) is 1.84. The Hall–Kier alpha value is -1.75. The second-order valence-electron chi connectivity index (χ2n) is 5.13. The first-order valence-electron chi connectivity index (χ1n) is 6.23. The maximum Gasteiger partial charge on any atom is 0.254 e. The molecule has 0 heterocycles. The van der Waals surface area contributed by atoms with Crippen LogP contribution >= 0.6 is 0 Å². The minimum absolute atomic E-state index is 0.171. The lowest BCUT2D eigenvalue weighted by atomic mass is 10.1. The van der Waals surface area contributed by atoms with Crippen LogP contribution < -0.4 is 10.5 Å². The van der Waals surface area contributed by atoms with Crippen molar-refractivity contribution in [2.45, 2.75) is 26.4 Å². The molecule has 0 fully saturated rings. The van der Waals surface area contributed by atoms with Crippen molar-refractivity contribution in [2.75, 3.05) is 25.9 Å². The van der Waals surface area contributed by atoms with E-state index in [-0.39, 0.29) is 12.5 Å². The van der Waals surface area contributed by atoms with E-state index in [0.717, 1.165) is 0 Å². The van der Waals surface area contributed by atoms with E-state index >= 15 is 0 Å². The van der Waals surface area contributed by atoms with Gasteiger partial charge >= 0.3 is 0 Å². The van der Waals surface area contributed by atoms with Crippen molar-refractivity contribution in [3.63, 3.8) is 0 Å². The lowest BCUT2D eigenvalue weighted by Crippen LogP contribution is -2.42. The van der Waals surface area contributed by atoms with Gasteiger partial charge in [0.2, 0.25) is 0 Å². The molecule has 19 heavy (non-hydrogen) atoms. The number of rotatable bonds is 5. The first kappa shape index (κ1) is 15.3. The Balaban J connectivity index is 3.00. The van der Waals surface area contributed by atoms with E-state index in [4.69, 9.17) is 10.5 Å². The molecule has 0 spiro atoms. The standard InChI is InChI=1S/C14H22N2O3/c1-5-16(9-14(2,3)18)13(17)10-6-11(15)8-12(7-10)19-4/h6-8,18H,5,9,15H2,1-4H3. The second-order valence-corrected chi connectivity index (χ2v) is 5.13. The highest BCUT2D eigenvalue weighted by molar-refractivity contribution is 5.95. The molecule has 0 aliphatic rings. The molecule has 0 aliphatic heterocycles. The Labute approximate surface area is 114 Å². The highest BCUT2D eigenvalue weighted by Gasteiger charge is 2.22. The number of nitrogens with zero attached hydrogens (tertiary/aromatic N) is 1. The Kier molecular flexibility index (Phi) is 4.78. The van der Waals surface area contributed by atoms with Crippen LogP contribution in [-0.4, -0.2) is 41.7 Å². The van der Waals surface area contributed by atoms with Crippen LogP contribution in [0.1, 0.15) is 31.1 Å². The molecule has 5 heteroatoms. The zero-order valence-electron chi connectivity index (χ0n) is 11.9. The monoisotopic (exact) mass is 266 g/mol. The summed E-state index contributed by atoms with van der Waals surface area (Å²) in [7, 11) is 1.53. The van der Waals surface area contributed by atoms with Gasteiger partial charge < -0.3 is 20.5 Å². The normalized spacial score (nSPS) is 11.2. The third-order valence-electron chi connectivity index (χ3n) is 2.66. The zero-order chi connectivity index (χ0) is 14.6. The summed E-state index contributed by atoms with van der Waals surface area (Å²) in [6, 6.07) is 4.91. The van der Waals surface area contributed by atoms with Gasteiger partial charge in [-0.05, 0) is 32.9 Å². The minimum atomic E-state index is -0.934. The van der Waals surface area contributed by atoms with Gasteiger partial charge in [-0.3, -0.25) is 4.79 Å². The Morgan fingerprint density at radius 2 is 2.05 bits per heavy atom. The number of amides is 1. The summed E-state index contributed by atoms with van der Waals surface area (Å²) in [5, 5.41) is 9.83. The first-order chi connectivity index (χ1) is 8.76.